The zero-order valence-electron chi connectivity index (χ0n) is 12.6. The predicted molar refractivity (Wildman–Crippen MR) is 87.6 cm³/mol. The lowest BCUT2D eigenvalue weighted by molar-refractivity contribution is 0.0184. The molecular weight excluding hydrogens is 309 g/mol. The molecule has 1 heterocycles. The Bertz CT molecular complexity index is 454. The first-order chi connectivity index (χ1) is 10.0. The van der Waals surface area contributed by atoms with Crippen LogP contribution in [0.5, 0.6) is 5.75 Å². The van der Waals surface area contributed by atoms with E-state index in [9.17, 15) is 0 Å². The van der Waals surface area contributed by atoms with Crippen molar-refractivity contribution in [2.75, 3.05) is 19.7 Å². The first-order valence-corrected chi connectivity index (χ1v) is 8.24. The van der Waals surface area contributed by atoms with Gasteiger partial charge in [0.2, 0.25) is 0 Å². The van der Waals surface area contributed by atoms with Crippen LogP contribution >= 0.6 is 23.2 Å². The Morgan fingerprint density at radius 2 is 2.00 bits per heavy atom. The van der Waals surface area contributed by atoms with Gasteiger partial charge in [-0.15, -0.1) is 0 Å². The molecule has 1 aromatic carbocycles. The van der Waals surface area contributed by atoms with Crippen molar-refractivity contribution in [1.82, 2.24) is 5.32 Å². The van der Waals surface area contributed by atoms with Gasteiger partial charge in [0.25, 0.3) is 0 Å². The zero-order chi connectivity index (χ0) is 15.2. The number of ether oxygens (including phenoxy) is 2. The minimum absolute atomic E-state index is 0.158. The Morgan fingerprint density at radius 3 is 2.71 bits per heavy atom. The molecule has 0 aliphatic carbocycles. The summed E-state index contributed by atoms with van der Waals surface area (Å²) in [5, 5.41) is 4.49. The summed E-state index contributed by atoms with van der Waals surface area (Å²) in [6.45, 7) is 6.91. The number of nitrogens with one attached hydrogen (secondary N) is 1. The van der Waals surface area contributed by atoms with E-state index in [0.29, 0.717) is 28.7 Å². The van der Waals surface area contributed by atoms with Crippen LogP contribution in [-0.2, 0) is 4.74 Å². The first-order valence-electron chi connectivity index (χ1n) is 7.48. The Hall–Kier alpha value is -0.480. The second kappa shape index (κ2) is 8.23. The van der Waals surface area contributed by atoms with Crippen LogP contribution in [0.2, 0.25) is 10.0 Å². The second-order valence-corrected chi connectivity index (χ2v) is 6.71. The third kappa shape index (κ3) is 5.67. The molecular formula is C16H23Cl2NO2. The van der Waals surface area contributed by atoms with Gasteiger partial charge in [0.15, 0.2) is 0 Å². The number of halogens is 2. The van der Waals surface area contributed by atoms with Gasteiger partial charge in [0.1, 0.15) is 12.4 Å². The molecule has 0 bridgehead atoms. The molecule has 0 spiro atoms. The maximum atomic E-state index is 5.97. The summed E-state index contributed by atoms with van der Waals surface area (Å²) in [5.41, 5.74) is 0. The summed E-state index contributed by atoms with van der Waals surface area (Å²) in [5.74, 6) is 1.40. The molecule has 1 aliphatic heterocycles. The van der Waals surface area contributed by atoms with Crippen molar-refractivity contribution in [3.05, 3.63) is 28.2 Å². The molecule has 2 atom stereocenters. The summed E-state index contributed by atoms with van der Waals surface area (Å²) in [4.78, 5) is 0. The Labute approximate surface area is 136 Å². The van der Waals surface area contributed by atoms with Crippen molar-refractivity contribution < 1.29 is 9.47 Å². The van der Waals surface area contributed by atoms with E-state index in [1.807, 2.05) is 6.07 Å². The smallest absolute Gasteiger partial charge is 0.121 e. The zero-order valence-corrected chi connectivity index (χ0v) is 14.1. The second-order valence-electron chi connectivity index (χ2n) is 5.90. The molecule has 1 saturated heterocycles. The van der Waals surface area contributed by atoms with Crippen molar-refractivity contribution in [2.24, 2.45) is 5.92 Å². The number of rotatable bonds is 7. The maximum absolute atomic E-state index is 5.97. The molecule has 2 rings (SSSR count). The van der Waals surface area contributed by atoms with Gasteiger partial charge in [0, 0.05) is 12.6 Å². The average molecular weight is 332 g/mol. The molecule has 0 amide bonds. The van der Waals surface area contributed by atoms with E-state index in [0.717, 1.165) is 31.7 Å². The van der Waals surface area contributed by atoms with Crippen LogP contribution in [0.25, 0.3) is 0 Å². The summed E-state index contributed by atoms with van der Waals surface area (Å²) in [6, 6.07) is 5.30. The van der Waals surface area contributed by atoms with Crippen LogP contribution in [0.4, 0.5) is 0 Å². The molecule has 118 valence electrons. The molecule has 5 heteroatoms. The normalized spacial score (nSPS) is 22.0. The highest BCUT2D eigenvalue weighted by atomic mass is 35.5. The van der Waals surface area contributed by atoms with Crippen LogP contribution < -0.4 is 10.1 Å². The Balaban J connectivity index is 1.69. The van der Waals surface area contributed by atoms with Crippen molar-refractivity contribution in [3.8, 4) is 5.75 Å². The van der Waals surface area contributed by atoms with Crippen LogP contribution in [0.15, 0.2) is 18.2 Å². The summed E-state index contributed by atoms with van der Waals surface area (Å²) >= 11 is 11.8. The monoisotopic (exact) mass is 331 g/mol. The lowest BCUT2D eigenvalue weighted by Gasteiger charge is -2.16. The lowest BCUT2D eigenvalue weighted by atomic mass is 10.2. The standard InChI is InChI=1S/C16H23Cl2NO2/c1-11(2)8-19-9-13-3-4-14(21-13)10-20-12-5-6-15(17)16(18)7-12/h5-7,11,13-14,19H,3-4,8-10H2,1-2H3. The SMILES string of the molecule is CC(C)CNCC1CCC(COc2ccc(Cl)c(Cl)c2)O1. The van der Waals surface area contributed by atoms with Gasteiger partial charge < -0.3 is 14.8 Å². The average Bonchev–Trinajstić information content (AvgIpc) is 2.88. The summed E-state index contributed by atoms with van der Waals surface area (Å²) in [6.07, 6.45) is 2.58. The van der Waals surface area contributed by atoms with Crippen LogP contribution in [0.1, 0.15) is 26.7 Å². The van der Waals surface area contributed by atoms with E-state index >= 15 is 0 Å². The molecule has 1 fully saturated rings. The Morgan fingerprint density at radius 1 is 1.24 bits per heavy atom. The van der Waals surface area contributed by atoms with Crippen LogP contribution in [0, 0.1) is 5.92 Å². The van der Waals surface area contributed by atoms with Crippen molar-refractivity contribution >= 4 is 23.2 Å². The van der Waals surface area contributed by atoms with Crippen molar-refractivity contribution in [3.63, 3.8) is 0 Å². The summed E-state index contributed by atoms with van der Waals surface area (Å²) in [7, 11) is 0. The lowest BCUT2D eigenvalue weighted by Crippen LogP contribution is -2.30. The van der Waals surface area contributed by atoms with Crippen molar-refractivity contribution in [1.29, 1.82) is 0 Å². The topological polar surface area (TPSA) is 30.5 Å². The van der Waals surface area contributed by atoms with Gasteiger partial charge in [-0.3, -0.25) is 0 Å². The van der Waals surface area contributed by atoms with Gasteiger partial charge in [-0.1, -0.05) is 37.0 Å². The molecule has 0 saturated carbocycles. The van der Waals surface area contributed by atoms with Gasteiger partial charge in [-0.25, -0.2) is 0 Å². The maximum Gasteiger partial charge on any atom is 0.121 e. The molecule has 3 nitrogen and oxygen atoms in total. The van der Waals surface area contributed by atoms with E-state index in [-0.39, 0.29) is 6.10 Å². The molecule has 0 radical (unpaired) electrons. The molecule has 2 unspecified atom stereocenters. The third-order valence-electron chi connectivity index (χ3n) is 3.45. The Kier molecular flexibility index (Phi) is 6.62. The van der Waals surface area contributed by atoms with E-state index in [1.54, 1.807) is 12.1 Å². The molecule has 1 N–H and O–H groups in total. The minimum Gasteiger partial charge on any atom is -0.491 e. The molecule has 1 aliphatic rings. The number of hydrogen-bond donors (Lipinski definition) is 1. The van der Waals surface area contributed by atoms with Gasteiger partial charge in [-0.2, -0.15) is 0 Å². The highest BCUT2D eigenvalue weighted by Crippen LogP contribution is 2.27. The molecule has 1 aromatic rings. The van der Waals surface area contributed by atoms with E-state index < -0.39 is 0 Å². The van der Waals surface area contributed by atoms with E-state index in [4.69, 9.17) is 32.7 Å². The van der Waals surface area contributed by atoms with Crippen LogP contribution in [-0.4, -0.2) is 31.9 Å². The molecule has 21 heavy (non-hydrogen) atoms. The van der Waals surface area contributed by atoms with Gasteiger partial charge in [-0.05, 0) is 37.4 Å². The van der Waals surface area contributed by atoms with E-state index in [2.05, 4.69) is 19.2 Å². The highest BCUT2D eigenvalue weighted by Gasteiger charge is 2.25. The largest absolute Gasteiger partial charge is 0.491 e. The summed E-state index contributed by atoms with van der Waals surface area (Å²) < 4.78 is 11.7. The number of benzene rings is 1. The third-order valence-corrected chi connectivity index (χ3v) is 4.19. The van der Waals surface area contributed by atoms with Crippen molar-refractivity contribution in [2.45, 2.75) is 38.9 Å². The minimum atomic E-state index is 0.158. The van der Waals surface area contributed by atoms with E-state index in [1.165, 1.54) is 0 Å². The fourth-order valence-electron chi connectivity index (χ4n) is 2.34. The first kappa shape index (κ1) is 16.9. The predicted octanol–water partition coefficient (Wildman–Crippen LogP) is 4.17. The quantitative estimate of drug-likeness (QED) is 0.813. The molecule has 0 aromatic heterocycles. The van der Waals surface area contributed by atoms with Gasteiger partial charge in [0.05, 0.1) is 22.3 Å². The highest BCUT2D eigenvalue weighted by molar-refractivity contribution is 6.42. The van der Waals surface area contributed by atoms with Gasteiger partial charge >= 0.3 is 0 Å². The fourth-order valence-corrected chi connectivity index (χ4v) is 2.63. The van der Waals surface area contributed by atoms with Crippen LogP contribution in [0.3, 0.4) is 0 Å². The number of hydrogen-bond acceptors (Lipinski definition) is 3. The fraction of sp³-hybridized carbons (Fsp3) is 0.625.